The second-order valence-corrected chi connectivity index (χ2v) is 4.77. The highest BCUT2D eigenvalue weighted by Gasteiger charge is 2.06. The first-order valence-electron chi connectivity index (χ1n) is 6.65. The van der Waals surface area contributed by atoms with Gasteiger partial charge in [-0.1, -0.05) is 18.2 Å². The Bertz CT molecular complexity index is 575. The Morgan fingerprint density at radius 3 is 2.76 bits per heavy atom. The van der Waals surface area contributed by atoms with E-state index in [1.54, 1.807) is 6.20 Å². The molecule has 0 aliphatic carbocycles. The number of pyridine rings is 1. The molecule has 0 spiro atoms. The molecule has 4 nitrogen and oxygen atoms in total. The standard InChI is InChI=1S/C16H19N3O.ClH/c1-12(18-11-14-5-4-8-17-10-14)15-6-3-7-16(9-15)19-13(2)20;/h3-10,12,18H,11H2,1-2H3,(H,19,20);1H. The first kappa shape index (κ1) is 17.1. The van der Waals surface area contributed by atoms with Crippen molar-refractivity contribution in [1.29, 1.82) is 0 Å². The topological polar surface area (TPSA) is 54.0 Å². The van der Waals surface area contributed by atoms with Gasteiger partial charge in [0.15, 0.2) is 0 Å². The van der Waals surface area contributed by atoms with E-state index in [-0.39, 0.29) is 24.4 Å². The summed E-state index contributed by atoms with van der Waals surface area (Å²) in [6.45, 7) is 4.37. The number of aromatic nitrogens is 1. The van der Waals surface area contributed by atoms with Crippen LogP contribution in [0.5, 0.6) is 0 Å². The van der Waals surface area contributed by atoms with Gasteiger partial charge in [0.05, 0.1) is 0 Å². The molecule has 1 aromatic heterocycles. The number of anilines is 1. The molecule has 2 aromatic rings. The van der Waals surface area contributed by atoms with Gasteiger partial charge in [0.25, 0.3) is 0 Å². The van der Waals surface area contributed by atoms with Crippen molar-refractivity contribution < 1.29 is 4.79 Å². The van der Waals surface area contributed by atoms with E-state index in [4.69, 9.17) is 0 Å². The van der Waals surface area contributed by atoms with Crippen molar-refractivity contribution in [3.8, 4) is 0 Å². The summed E-state index contributed by atoms with van der Waals surface area (Å²) in [4.78, 5) is 15.2. The second kappa shape index (κ2) is 8.39. The van der Waals surface area contributed by atoms with Gasteiger partial charge in [0.1, 0.15) is 0 Å². The number of rotatable bonds is 5. The largest absolute Gasteiger partial charge is 0.326 e. The van der Waals surface area contributed by atoms with Crippen LogP contribution < -0.4 is 10.6 Å². The van der Waals surface area contributed by atoms with Crippen LogP contribution in [0.4, 0.5) is 5.69 Å². The Morgan fingerprint density at radius 1 is 1.29 bits per heavy atom. The number of carbonyl (C=O) groups is 1. The molecule has 0 aliphatic rings. The van der Waals surface area contributed by atoms with Gasteiger partial charge in [-0.2, -0.15) is 0 Å². The fourth-order valence-corrected chi connectivity index (χ4v) is 1.98. The molecular weight excluding hydrogens is 286 g/mol. The van der Waals surface area contributed by atoms with Gasteiger partial charge >= 0.3 is 0 Å². The smallest absolute Gasteiger partial charge is 0.221 e. The predicted molar refractivity (Wildman–Crippen MR) is 87.5 cm³/mol. The van der Waals surface area contributed by atoms with E-state index in [0.29, 0.717) is 0 Å². The fraction of sp³-hybridized carbons (Fsp3) is 0.250. The minimum absolute atomic E-state index is 0. The van der Waals surface area contributed by atoms with E-state index in [9.17, 15) is 4.79 Å². The highest BCUT2D eigenvalue weighted by atomic mass is 35.5. The van der Waals surface area contributed by atoms with E-state index in [1.807, 2.05) is 42.6 Å². The molecule has 1 amide bonds. The lowest BCUT2D eigenvalue weighted by molar-refractivity contribution is -0.114. The molecule has 1 unspecified atom stereocenters. The number of amides is 1. The molecule has 1 aromatic carbocycles. The summed E-state index contributed by atoms with van der Waals surface area (Å²) in [5, 5.41) is 6.24. The molecule has 2 N–H and O–H groups in total. The lowest BCUT2D eigenvalue weighted by Crippen LogP contribution is -2.18. The van der Waals surface area contributed by atoms with Crippen molar-refractivity contribution in [2.75, 3.05) is 5.32 Å². The highest BCUT2D eigenvalue weighted by Crippen LogP contribution is 2.17. The van der Waals surface area contributed by atoms with Crippen molar-refractivity contribution in [1.82, 2.24) is 10.3 Å². The SMILES string of the molecule is CC(=O)Nc1cccc(C(C)NCc2cccnc2)c1.Cl. The van der Waals surface area contributed by atoms with Crippen molar-refractivity contribution in [3.05, 3.63) is 59.9 Å². The molecule has 5 heteroatoms. The lowest BCUT2D eigenvalue weighted by Gasteiger charge is -2.15. The van der Waals surface area contributed by atoms with Crippen LogP contribution in [0, 0.1) is 0 Å². The van der Waals surface area contributed by atoms with Crippen LogP contribution in [0.15, 0.2) is 48.8 Å². The first-order chi connectivity index (χ1) is 9.65. The van der Waals surface area contributed by atoms with Gasteiger partial charge in [0.2, 0.25) is 5.91 Å². The molecule has 0 saturated carbocycles. The van der Waals surface area contributed by atoms with Crippen molar-refractivity contribution in [3.63, 3.8) is 0 Å². The van der Waals surface area contributed by atoms with Gasteiger partial charge in [-0.15, -0.1) is 12.4 Å². The van der Waals surface area contributed by atoms with Crippen LogP contribution in [0.1, 0.15) is 31.0 Å². The minimum atomic E-state index is -0.0573. The van der Waals surface area contributed by atoms with Crippen LogP contribution in [-0.4, -0.2) is 10.9 Å². The molecule has 21 heavy (non-hydrogen) atoms. The normalized spacial score (nSPS) is 11.3. The maximum absolute atomic E-state index is 11.1. The molecule has 0 saturated heterocycles. The predicted octanol–water partition coefficient (Wildman–Crippen LogP) is 3.31. The van der Waals surface area contributed by atoms with Crippen LogP contribution in [0.2, 0.25) is 0 Å². The maximum Gasteiger partial charge on any atom is 0.221 e. The van der Waals surface area contributed by atoms with Crippen LogP contribution in [0.3, 0.4) is 0 Å². The van der Waals surface area contributed by atoms with E-state index in [2.05, 4.69) is 22.5 Å². The second-order valence-electron chi connectivity index (χ2n) is 4.77. The monoisotopic (exact) mass is 305 g/mol. The summed E-state index contributed by atoms with van der Waals surface area (Å²) in [5.41, 5.74) is 3.11. The van der Waals surface area contributed by atoms with Crippen LogP contribution in [0.25, 0.3) is 0 Å². The summed E-state index contributed by atoms with van der Waals surface area (Å²) in [7, 11) is 0. The Kier molecular flexibility index (Phi) is 6.85. The summed E-state index contributed by atoms with van der Waals surface area (Å²) in [6, 6.07) is 12.0. The third-order valence-electron chi connectivity index (χ3n) is 3.04. The molecule has 0 bridgehead atoms. The number of carbonyl (C=O) groups excluding carboxylic acids is 1. The molecule has 0 radical (unpaired) electrons. The van der Waals surface area contributed by atoms with E-state index < -0.39 is 0 Å². The molecule has 2 rings (SSSR count). The average molecular weight is 306 g/mol. The number of halogens is 1. The average Bonchev–Trinajstić information content (AvgIpc) is 2.45. The van der Waals surface area contributed by atoms with Gasteiger partial charge in [-0.25, -0.2) is 0 Å². The minimum Gasteiger partial charge on any atom is -0.326 e. The Balaban J connectivity index is 0.00000220. The number of nitrogens with one attached hydrogen (secondary N) is 2. The third kappa shape index (κ3) is 5.53. The summed E-state index contributed by atoms with van der Waals surface area (Å²) in [6.07, 6.45) is 3.62. The lowest BCUT2D eigenvalue weighted by atomic mass is 10.1. The molecule has 1 atom stereocenters. The Hall–Kier alpha value is -1.91. The summed E-state index contributed by atoms with van der Waals surface area (Å²) < 4.78 is 0. The summed E-state index contributed by atoms with van der Waals surface area (Å²) in [5.74, 6) is -0.0573. The molecule has 112 valence electrons. The Labute approximate surface area is 131 Å². The van der Waals surface area contributed by atoms with Gasteiger partial charge in [-0.05, 0) is 36.2 Å². The number of nitrogens with zero attached hydrogens (tertiary/aromatic N) is 1. The Morgan fingerprint density at radius 2 is 2.10 bits per heavy atom. The van der Waals surface area contributed by atoms with Crippen LogP contribution in [-0.2, 0) is 11.3 Å². The van der Waals surface area contributed by atoms with Gasteiger partial charge < -0.3 is 10.6 Å². The third-order valence-corrected chi connectivity index (χ3v) is 3.04. The number of hydrogen-bond acceptors (Lipinski definition) is 3. The van der Waals surface area contributed by atoms with Gasteiger partial charge in [-0.3, -0.25) is 9.78 Å². The number of benzene rings is 1. The molecular formula is C16H20ClN3O. The van der Waals surface area contributed by atoms with Gasteiger partial charge in [0, 0.05) is 37.6 Å². The molecule has 1 heterocycles. The van der Waals surface area contributed by atoms with E-state index >= 15 is 0 Å². The summed E-state index contributed by atoms with van der Waals surface area (Å²) >= 11 is 0. The van der Waals surface area contributed by atoms with Crippen molar-refractivity contribution >= 4 is 24.0 Å². The van der Waals surface area contributed by atoms with Crippen molar-refractivity contribution in [2.24, 2.45) is 0 Å². The highest BCUT2D eigenvalue weighted by molar-refractivity contribution is 5.88. The zero-order valence-corrected chi connectivity index (χ0v) is 13.0. The van der Waals surface area contributed by atoms with Crippen molar-refractivity contribution in [2.45, 2.75) is 26.4 Å². The van der Waals surface area contributed by atoms with Crippen LogP contribution >= 0.6 is 12.4 Å². The van der Waals surface area contributed by atoms with E-state index in [0.717, 1.165) is 23.4 Å². The zero-order valence-electron chi connectivity index (χ0n) is 12.2. The molecule has 0 aliphatic heterocycles. The quantitative estimate of drug-likeness (QED) is 0.891. The van der Waals surface area contributed by atoms with E-state index in [1.165, 1.54) is 6.92 Å². The zero-order chi connectivity index (χ0) is 14.4. The maximum atomic E-state index is 11.1. The number of hydrogen-bond donors (Lipinski definition) is 2. The fourth-order valence-electron chi connectivity index (χ4n) is 1.98. The molecule has 0 fully saturated rings. The first-order valence-corrected chi connectivity index (χ1v) is 6.65.